The lowest BCUT2D eigenvalue weighted by Crippen LogP contribution is -2.18. The standard InChI is InChI=1S/C18H16O6/c1-11(18(21)22-3)17(23-12(2)19)16-10-14(20)9-15(24-16)13-7-5-4-6-8-13/h4-10,17H,1H2,2-3H3. The highest BCUT2D eigenvalue weighted by molar-refractivity contribution is 5.89. The number of esters is 2. The van der Waals surface area contributed by atoms with Gasteiger partial charge in [0.15, 0.2) is 17.3 Å². The van der Waals surface area contributed by atoms with Gasteiger partial charge in [0, 0.05) is 24.6 Å². The lowest BCUT2D eigenvalue weighted by atomic mass is 10.1. The number of hydrogen-bond donors (Lipinski definition) is 0. The Hall–Kier alpha value is -3.15. The highest BCUT2D eigenvalue weighted by Crippen LogP contribution is 2.28. The molecule has 1 aromatic carbocycles. The molecular weight excluding hydrogens is 312 g/mol. The van der Waals surface area contributed by atoms with E-state index in [1.54, 1.807) is 24.3 Å². The fraction of sp³-hybridized carbons (Fsp3) is 0.167. The summed E-state index contributed by atoms with van der Waals surface area (Å²) < 4.78 is 15.4. The van der Waals surface area contributed by atoms with Crippen molar-refractivity contribution in [3.63, 3.8) is 0 Å². The van der Waals surface area contributed by atoms with Crippen LogP contribution >= 0.6 is 0 Å². The molecule has 0 aliphatic carbocycles. The molecule has 6 heteroatoms. The van der Waals surface area contributed by atoms with Gasteiger partial charge in [0.25, 0.3) is 0 Å². The largest absolute Gasteiger partial charge is 0.466 e. The van der Waals surface area contributed by atoms with Crippen LogP contribution in [0.2, 0.25) is 0 Å². The summed E-state index contributed by atoms with van der Waals surface area (Å²) in [6, 6.07) is 11.4. The zero-order chi connectivity index (χ0) is 17.7. The van der Waals surface area contributed by atoms with Crippen molar-refractivity contribution in [1.29, 1.82) is 0 Å². The number of hydrogen-bond acceptors (Lipinski definition) is 6. The monoisotopic (exact) mass is 328 g/mol. The van der Waals surface area contributed by atoms with Gasteiger partial charge in [-0.1, -0.05) is 36.9 Å². The number of carbonyl (C=O) groups excluding carboxylic acids is 2. The van der Waals surface area contributed by atoms with Crippen LogP contribution in [0.5, 0.6) is 0 Å². The topological polar surface area (TPSA) is 82.8 Å². The third-order valence-electron chi connectivity index (χ3n) is 3.15. The highest BCUT2D eigenvalue weighted by Gasteiger charge is 2.27. The van der Waals surface area contributed by atoms with Gasteiger partial charge in [-0.3, -0.25) is 9.59 Å². The molecule has 0 saturated heterocycles. The molecule has 0 aliphatic heterocycles. The zero-order valence-electron chi connectivity index (χ0n) is 13.3. The Balaban J connectivity index is 2.52. The van der Waals surface area contributed by atoms with Gasteiger partial charge in [-0.25, -0.2) is 4.79 Å². The average Bonchev–Trinajstić information content (AvgIpc) is 2.58. The smallest absolute Gasteiger partial charge is 0.337 e. The van der Waals surface area contributed by atoms with Crippen molar-refractivity contribution >= 4 is 11.9 Å². The van der Waals surface area contributed by atoms with E-state index < -0.39 is 18.0 Å². The van der Waals surface area contributed by atoms with Crippen LogP contribution in [0.4, 0.5) is 0 Å². The Morgan fingerprint density at radius 1 is 1.17 bits per heavy atom. The van der Waals surface area contributed by atoms with Crippen LogP contribution in [0, 0.1) is 0 Å². The normalized spacial score (nSPS) is 11.4. The van der Waals surface area contributed by atoms with E-state index in [-0.39, 0.29) is 22.5 Å². The molecule has 1 heterocycles. The van der Waals surface area contributed by atoms with Crippen molar-refractivity contribution in [3.05, 3.63) is 70.6 Å². The summed E-state index contributed by atoms with van der Waals surface area (Å²) in [6.45, 7) is 4.75. The van der Waals surface area contributed by atoms with Gasteiger partial charge in [-0.2, -0.15) is 0 Å². The number of rotatable bonds is 5. The maximum atomic E-state index is 12.0. The van der Waals surface area contributed by atoms with Gasteiger partial charge < -0.3 is 13.9 Å². The van der Waals surface area contributed by atoms with Crippen LogP contribution in [0.15, 0.2) is 63.8 Å². The van der Waals surface area contributed by atoms with Crippen molar-refractivity contribution in [2.75, 3.05) is 7.11 Å². The Labute approximate surface area is 138 Å². The van der Waals surface area contributed by atoms with Gasteiger partial charge >= 0.3 is 11.9 Å². The van der Waals surface area contributed by atoms with E-state index in [1.807, 2.05) is 6.07 Å². The molecule has 0 spiro atoms. The van der Waals surface area contributed by atoms with E-state index in [0.29, 0.717) is 5.56 Å². The van der Waals surface area contributed by atoms with Crippen molar-refractivity contribution in [1.82, 2.24) is 0 Å². The van der Waals surface area contributed by atoms with Crippen LogP contribution in [0.3, 0.4) is 0 Å². The summed E-state index contributed by atoms with van der Waals surface area (Å²) in [7, 11) is 1.18. The summed E-state index contributed by atoms with van der Waals surface area (Å²) in [5.74, 6) is -1.15. The molecule has 1 atom stereocenters. The molecule has 24 heavy (non-hydrogen) atoms. The minimum absolute atomic E-state index is 0.00745. The molecule has 0 radical (unpaired) electrons. The van der Waals surface area contributed by atoms with E-state index in [1.165, 1.54) is 20.1 Å². The Bertz CT molecular complexity index is 819. The molecule has 6 nitrogen and oxygen atoms in total. The van der Waals surface area contributed by atoms with Gasteiger partial charge in [-0.15, -0.1) is 0 Å². The van der Waals surface area contributed by atoms with Gasteiger partial charge in [-0.05, 0) is 0 Å². The second kappa shape index (κ2) is 7.41. The zero-order valence-corrected chi connectivity index (χ0v) is 13.3. The SMILES string of the molecule is C=C(C(=O)OC)C(OC(C)=O)c1cc(=O)cc(-c2ccccc2)o1. The highest BCUT2D eigenvalue weighted by atomic mass is 16.6. The van der Waals surface area contributed by atoms with Crippen LogP contribution in [0.1, 0.15) is 18.8 Å². The molecule has 2 aromatic rings. The number of benzene rings is 1. The molecule has 0 fully saturated rings. The van der Waals surface area contributed by atoms with E-state index in [4.69, 9.17) is 9.15 Å². The Morgan fingerprint density at radius 2 is 1.83 bits per heavy atom. The predicted octanol–water partition coefficient (Wildman–Crippen LogP) is 2.64. The summed E-state index contributed by atoms with van der Waals surface area (Å²) in [5, 5.41) is 0. The van der Waals surface area contributed by atoms with Crippen molar-refractivity contribution in [2.24, 2.45) is 0 Å². The lowest BCUT2D eigenvalue weighted by Gasteiger charge is -2.17. The average molecular weight is 328 g/mol. The summed E-state index contributed by atoms with van der Waals surface area (Å²) in [5.41, 5.74) is 0.160. The molecule has 124 valence electrons. The van der Waals surface area contributed by atoms with Crippen molar-refractivity contribution in [3.8, 4) is 11.3 Å². The first-order chi connectivity index (χ1) is 11.4. The number of ether oxygens (including phenoxy) is 2. The second-order valence-electron chi connectivity index (χ2n) is 4.93. The maximum absolute atomic E-state index is 12.0. The summed E-state index contributed by atoms with van der Waals surface area (Å²) >= 11 is 0. The van der Waals surface area contributed by atoms with Crippen molar-refractivity contribution < 1.29 is 23.5 Å². The van der Waals surface area contributed by atoms with E-state index >= 15 is 0 Å². The maximum Gasteiger partial charge on any atom is 0.337 e. The fourth-order valence-corrected chi connectivity index (χ4v) is 2.08. The second-order valence-corrected chi connectivity index (χ2v) is 4.93. The molecule has 2 rings (SSSR count). The first-order valence-corrected chi connectivity index (χ1v) is 7.07. The summed E-state index contributed by atoms with van der Waals surface area (Å²) in [6.07, 6.45) is -1.24. The molecule has 0 amide bonds. The van der Waals surface area contributed by atoms with E-state index in [9.17, 15) is 14.4 Å². The Kier molecular flexibility index (Phi) is 5.31. The van der Waals surface area contributed by atoms with Crippen molar-refractivity contribution in [2.45, 2.75) is 13.0 Å². The van der Waals surface area contributed by atoms with E-state index in [0.717, 1.165) is 6.07 Å². The van der Waals surface area contributed by atoms with Crippen LogP contribution in [-0.2, 0) is 19.1 Å². The van der Waals surface area contributed by atoms with E-state index in [2.05, 4.69) is 11.3 Å². The first kappa shape index (κ1) is 17.2. The third kappa shape index (κ3) is 3.98. The predicted molar refractivity (Wildman–Crippen MR) is 86.1 cm³/mol. The fourth-order valence-electron chi connectivity index (χ4n) is 2.08. The molecule has 0 aliphatic rings. The Morgan fingerprint density at radius 3 is 2.42 bits per heavy atom. The minimum Gasteiger partial charge on any atom is -0.466 e. The van der Waals surface area contributed by atoms with Crippen LogP contribution in [0.25, 0.3) is 11.3 Å². The first-order valence-electron chi connectivity index (χ1n) is 7.07. The lowest BCUT2D eigenvalue weighted by molar-refractivity contribution is -0.148. The molecule has 0 N–H and O–H groups in total. The molecule has 1 unspecified atom stereocenters. The molecular formula is C18H16O6. The third-order valence-corrected chi connectivity index (χ3v) is 3.15. The minimum atomic E-state index is -1.24. The summed E-state index contributed by atoms with van der Waals surface area (Å²) in [4.78, 5) is 35.1. The molecule has 1 aromatic heterocycles. The molecule has 0 saturated carbocycles. The quantitative estimate of drug-likeness (QED) is 0.620. The van der Waals surface area contributed by atoms with Crippen LogP contribution in [-0.4, -0.2) is 19.0 Å². The molecule has 0 bridgehead atoms. The number of methoxy groups -OCH3 is 1. The van der Waals surface area contributed by atoms with Gasteiger partial charge in [0.05, 0.1) is 12.7 Å². The van der Waals surface area contributed by atoms with Gasteiger partial charge in [0.2, 0.25) is 0 Å². The number of carbonyl (C=O) groups is 2. The van der Waals surface area contributed by atoms with Crippen LogP contribution < -0.4 is 5.43 Å². The van der Waals surface area contributed by atoms with Gasteiger partial charge in [0.1, 0.15) is 5.76 Å².